The van der Waals surface area contributed by atoms with Crippen molar-refractivity contribution >= 4 is 11.8 Å². The Morgan fingerprint density at radius 1 is 1.06 bits per heavy atom. The number of carbonyl (C=O) groups is 1. The van der Waals surface area contributed by atoms with Crippen molar-refractivity contribution in [2.75, 3.05) is 18.0 Å². The molecule has 2 aliphatic rings. The lowest BCUT2D eigenvalue weighted by Crippen LogP contribution is -2.39. The van der Waals surface area contributed by atoms with Crippen molar-refractivity contribution in [1.82, 2.24) is 20.2 Å². The fourth-order valence-electron chi connectivity index (χ4n) is 5.07. The predicted octanol–water partition coefficient (Wildman–Crippen LogP) is 4.69. The van der Waals surface area contributed by atoms with E-state index in [2.05, 4.69) is 25.1 Å². The SMILES string of the molecule is O=C(O)CC1CCC(OC2CCN(c3ccc(-c4n[nH]c(-c5cccc(F)c5)n4)cn3)CC2)CC1. The number of halogens is 1. The average molecular weight is 480 g/mol. The second kappa shape index (κ2) is 10.5. The molecule has 2 N–H and O–H groups in total. The van der Waals surface area contributed by atoms with E-state index in [9.17, 15) is 9.18 Å². The van der Waals surface area contributed by atoms with Crippen molar-refractivity contribution in [3.8, 4) is 22.8 Å². The predicted molar refractivity (Wildman–Crippen MR) is 129 cm³/mol. The second-order valence-electron chi connectivity index (χ2n) is 9.49. The number of pyridine rings is 1. The van der Waals surface area contributed by atoms with Gasteiger partial charge < -0.3 is 14.7 Å². The Bertz CT molecular complexity index is 1140. The van der Waals surface area contributed by atoms with Gasteiger partial charge in [-0.05, 0) is 68.7 Å². The van der Waals surface area contributed by atoms with Crippen LogP contribution in [0.2, 0.25) is 0 Å². The first-order valence-corrected chi connectivity index (χ1v) is 12.3. The van der Waals surface area contributed by atoms with E-state index < -0.39 is 5.97 Å². The number of rotatable bonds is 7. The highest BCUT2D eigenvalue weighted by atomic mass is 19.1. The topological polar surface area (TPSA) is 104 Å². The Kier molecular flexibility index (Phi) is 7.03. The maximum atomic E-state index is 13.5. The maximum absolute atomic E-state index is 13.5. The standard InChI is InChI=1S/C26H30FN5O3/c27-20-3-1-2-18(15-20)25-29-26(31-30-25)19-6-9-23(28-16-19)32-12-10-22(11-13-32)35-21-7-4-17(5-8-21)14-24(33)34/h1-3,6,9,15-17,21-22H,4-5,7-8,10-14H2,(H,33,34)(H,29,30,31). The number of benzene rings is 1. The lowest BCUT2D eigenvalue weighted by Gasteiger charge is -2.36. The summed E-state index contributed by atoms with van der Waals surface area (Å²) < 4.78 is 19.8. The molecule has 5 rings (SSSR count). The number of aromatic amines is 1. The summed E-state index contributed by atoms with van der Waals surface area (Å²) in [5.41, 5.74) is 1.44. The van der Waals surface area contributed by atoms with Crippen LogP contribution in [0, 0.1) is 11.7 Å². The number of piperidine rings is 1. The van der Waals surface area contributed by atoms with Crippen molar-refractivity contribution < 1.29 is 19.0 Å². The zero-order chi connectivity index (χ0) is 24.2. The van der Waals surface area contributed by atoms with Crippen LogP contribution in [0.5, 0.6) is 0 Å². The van der Waals surface area contributed by atoms with Gasteiger partial charge in [0.05, 0.1) is 12.2 Å². The van der Waals surface area contributed by atoms with Crippen LogP contribution in [0.25, 0.3) is 22.8 Å². The molecule has 35 heavy (non-hydrogen) atoms. The van der Waals surface area contributed by atoms with Crippen LogP contribution in [0.15, 0.2) is 42.6 Å². The van der Waals surface area contributed by atoms with Crippen LogP contribution < -0.4 is 4.90 Å². The number of anilines is 1. The molecule has 8 nitrogen and oxygen atoms in total. The van der Waals surface area contributed by atoms with Crippen molar-refractivity contribution in [1.29, 1.82) is 0 Å². The highest BCUT2D eigenvalue weighted by Crippen LogP contribution is 2.31. The third-order valence-electron chi connectivity index (χ3n) is 7.00. The highest BCUT2D eigenvalue weighted by Gasteiger charge is 2.28. The smallest absolute Gasteiger partial charge is 0.303 e. The Morgan fingerprint density at radius 2 is 1.83 bits per heavy atom. The van der Waals surface area contributed by atoms with Gasteiger partial charge in [-0.3, -0.25) is 9.89 Å². The van der Waals surface area contributed by atoms with Crippen molar-refractivity contribution in [2.24, 2.45) is 5.92 Å². The molecule has 1 saturated heterocycles. The molecule has 0 bridgehead atoms. The fraction of sp³-hybridized carbons (Fsp3) is 0.462. The molecule has 0 spiro atoms. The Hall–Kier alpha value is -3.33. The molecule has 184 valence electrons. The molecule has 1 aromatic carbocycles. The normalized spacial score (nSPS) is 21.2. The number of carboxylic acid groups (broad SMARTS) is 1. The van der Waals surface area contributed by atoms with Crippen molar-refractivity contribution in [3.05, 3.63) is 48.4 Å². The van der Waals surface area contributed by atoms with Gasteiger partial charge >= 0.3 is 5.97 Å². The average Bonchev–Trinajstić information content (AvgIpc) is 3.36. The van der Waals surface area contributed by atoms with E-state index in [-0.39, 0.29) is 24.4 Å². The first kappa shape index (κ1) is 23.4. The van der Waals surface area contributed by atoms with Gasteiger partial charge in [0.1, 0.15) is 11.6 Å². The summed E-state index contributed by atoms with van der Waals surface area (Å²) >= 11 is 0. The number of hydrogen-bond acceptors (Lipinski definition) is 6. The first-order valence-electron chi connectivity index (χ1n) is 12.3. The third-order valence-corrected chi connectivity index (χ3v) is 7.00. The summed E-state index contributed by atoms with van der Waals surface area (Å²) in [6.07, 6.45) is 8.28. The molecule has 2 fully saturated rings. The minimum atomic E-state index is -0.697. The molecule has 3 aromatic rings. The lowest BCUT2D eigenvalue weighted by atomic mass is 9.85. The molecule has 3 heterocycles. The summed E-state index contributed by atoms with van der Waals surface area (Å²) in [7, 11) is 0. The van der Waals surface area contributed by atoms with E-state index in [1.165, 1.54) is 12.1 Å². The first-order chi connectivity index (χ1) is 17.0. The number of hydrogen-bond donors (Lipinski definition) is 2. The molecular formula is C26H30FN5O3. The van der Waals surface area contributed by atoms with Gasteiger partial charge in [-0.2, -0.15) is 5.10 Å². The van der Waals surface area contributed by atoms with Gasteiger partial charge in [-0.1, -0.05) is 12.1 Å². The minimum Gasteiger partial charge on any atom is -0.481 e. The van der Waals surface area contributed by atoms with E-state index in [0.717, 1.165) is 63.0 Å². The van der Waals surface area contributed by atoms with E-state index in [0.29, 0.717) is 23.1 Å². The number of nitrogens with zero attached hydrogens (tertiary/aromatic N) is 4. The molecule has 1 aliphatic heterocycles. The highest BCUT2D eigenvalue weighted by molar-refractivity contribution is 5.67. The lowest BCUT2D eigenvalue weighted by molar-refractivity contribution is -0.138. The molecular weight excluding hydrogens is 449 g/mol. The Labute approximate surface area is 203 Å². The molecule has 1 aliphatic carbocycles. The Morgan fingerprint density at radius 3 is 2.51 bits per heavy atom. The van der Waals surface area contributed by atoms with Gasteiger partial charge in [0, 0.05) is 36.8 Å². The Balaban J connectivity index is 1.12. The summed E-state index contributed by atoms with van der Waals surface area (Å²) in [4.78, 5) is 22.3. The van der Waals surface area contributed by atoms with Gasteiger partial charge in [-0.25, -0.2) is 14.4 Å². The van der Waals surface area contributed by atoms with Crippen LogP contribution in [0.4, 0.5) is 10.2 Å². The molecule has 0 atom stereocenters. The molecule has 9 heteroatoms. The fourth-order valence-corrected chi connectivity index (χ4v) is 5.07. The van der Waals surface area contributed by atoms with E-state index >= 15 is 0 Å². The van der Waals surface area contributed by atoms with Gasteiger partial charge in [-0.15, -0.1) is 0 Å². The van der Waals surface area contributed by atoms with Crippen LogP contribution in [0.1, 0.15) is 44.9 Å². The van der Waals surface area contributed by atoms with Crippen molar-refractivity contribution in [2.45, 2.75) is 57.2 Å². The van der Waals surface area contributed by atoms with Crippen LogP contribution in [-0.2, 0) is 9.53 Å². The van der Waals surface area contributed by atoms with Gasteiger partial charge in [0.2, 0.25) is 0 Å². The third kappa shape index (κ3) is 5.85. The van der Waals surface area contributed by atoms with Crippen LogP contribution in [-0.4, -0.2) is 56.5 Å². The summed E-state index contributed by atoms with van der Waals surface area (Å²) in [5.74, 6) is 1.24. The molecule has 1 saturated carbocycles. The van der Waals surface area contributed by atoms with Gasteiger partial charge in [0.15, 0.2) is 11.6 Å². The number of aliphatic carboxylic acids is 1. The zero-order valence-electron chi connectivity index (χ0n) is 19.6. The second-order valence-corrected chi connectivity index (χ2v) is 9.49. The number of nitrogens with one attached hydrogen (secondary N) is 1. The number of ether oxygens (including phenoxy) is 1. The van der Waals surface area contributed by atoms with E-state index in [1.54, 1.807) is 18.3 Å². The van der Waals surface area contributed by atoms with Crippen LogP contribution in [0.3, 0.4) is 0 Å². The monoisotopic (exact) mass is 479 g/mol. The quantitative estimate of drug-likeness (QED) is 0.506. The largest absolute Gasteiger partial charge is 0.481 e. The molecule has 0 radical (unpaired) electrons. The van der Waals surface area contributed by atoms with E-state index in [4.69, 9.17) is 9.84 Å². The maximum Gasteiger partial charge on any atom is 0.303 e. The van der Waals surface area contributed by atoms with Gasteiger partial charge in [0.25, 0.3) is 0 Å². The zero-order valence-corrected chi connectivity index (χ0v) is 19.6. The number of aromatic nitrogens is 4. The minimum absolute atomic E-state index is 0.251. The van der Waals surface area contributed by atoms with E-state index in [1.807, 2.05) is 12.1 Å². The summed E-state index contributed by atoms with van der Waals surface area (Å²) in [5, 5.41) is 16.1. The molecule has 0 amide bonds. The van der Waals surface area contributed by atoms with Crippen LogP contribution >= 0.6 is 0 Å². The number of carboxylic acids is 1. The summed E-state index contributed by atoms with van der Waals surface area (Å²) in [6.45, 7) is 1.77. The van der Waals surface area contributed by atoms with Crippen molar-refractivity contribution in [3.63, 3.8) is 0 Å². The molecule has 2 aromatic heterocycles. The summed E-state index contributed by atoms with van der Waals surface area (Å²) in [6, 6.07) is 10.2. The number of H-pyrrole nitrogens is 1. The molecule has 0 unspecified atom stereocenters.